The number of carbonyl (C=O) groups is 1. The van der Waals surface area contributed by atoms with Gasteiger partial charge >= 0.3 is 0 Å². The molecule has 0 saturated carbocycles. The van der Waals surface area contributed by atoms with Crippen LogP contribution >= 0.6 is 0 Å². The highest BCUT2D eigenvalue weighted by Gasteiger charge is 2.19. The molecule has 0 bridgehead atoms. The Kier molecular flexibility index (Phi) is 3.74. The van der Waals surface area contributed by atoms with Crippen LogP contribution in [0.3, 0.4) is 0 Å². The second-order valence-electron chi connectivity index (χ2n) is 4.14. The minimum Gasteiger partial charge on any atom is -0.287 e. The van der Waals surface area contributed by atoms with Gasteiger partial charge in [-0.25, -0.2) is 8.78 Å². The maximum Gasteiger partial charge on any atom is 0.214 e. The Labute approximate surface area is 109 Å². The minimum atomic E-state index is -0.728. The highest BCUT2D eigenvalue weighted by Crippen LogP contribution is 2.16. The fourth-order valence-electron chi connectivity index (χ4n) is 1.88. The Morgan fingerprint density at radius 1 is 1.26 bits per heavy atom. The van der Waals surface area contributed by atoms with Crippen molar-refractivity contribution in [1.29, 1.82) is 0 Å². The number of aryl methyl sites for hydroxylation is 2. The summed E-state index contributed by atoms with van der Waals surface area (Å²) in [6, 6.07) is 4.48. The van der Waals surface area contributed by atoms with Crippen molar-refractivity contribution in [2.45, 2.75) is 26.8 Å². The monoisotopic (exact) mass is 264 g/mol. The lowest BCUT2D eigenvalue weighted by molar-refractivity contribution is 0.102. The first-order chi connectivity index (χ1) is 9.06. The van der Waals surface area contributed by atoms with Crippen molar-refractivity contribution >= 4 is 5.78 Å². The lowest BCUT2D eigenvalue weighted by Crippen LogP contribution is -2.12. The zero-order chi connectivity index (χ0) is 14.0. The van der Waals surface area contributed by atoms with E-state index >= 15 is 0 Å². The number of nitrogens with zero attached hydrogens (tertiary/aromatic N) is 2. The number of benzene rings is 1. The Morgan fingerprint density at radius 2 is 2.00 bits per heavy atom. The molecule has 1 aromatic heterocycles. The minimum absolute atomic E-state index is 0.266. The summed E-state index contributed by atoms with van der Waals surface area (Å²) in [4.78, 5) is 12.3. The molecular formula is C14H14F2N2O. The van der Waals surface area contributed by atoms with E-state index in [4.69, 9.17) is 0 Å². The van der Waals surface area contributed by atoms with Crippen LogP contribution in [0.1, 0.15) is 35.6 Å². The number of hydrogen-bond donors (Lipinski definition) is 0. The highest BCUT2D eigenvalue weighted by atomic mass is 19.1. The van der Waals surface area contributed by atoms with Crippen LogP contribution < -0.4 is 0 Å². The molecule has 0 aliphatic heterocycles. The second-order valence-corrected chi connectivity index (χ2v) is 4.14. The van der Waals surface area contributed by atoms with Crippen molar-refractivity contribution in [3.63, 3.8) is 0 Å². The van der Waals surface area contributed by atoms with Gasteiger partial charge in [0, 0.05) is 6.54 Å². The van der Waals surface area contributed by atoms with E-state index < -0.39 is 17.4 Å². The Bertz CT molecular complexity index is 620. The van der Waals surface area contributed by atoms with E-state index in [9.17, 15) is 13.6 Å². The number of aromatic nitrogens is 2. The number of halogens is 2. The lowest BCUT2D eigenvalue weighted by atomic mass is 10.1. The van der Waals surface area contributed by atoms with Gasteiger partial charge in [-0.05, 0) is 37.6 Å². The maximum absolute atomic E-state index is 13.6. The molecule has 0 N–H and O–H groups in total. The van der Waals surface area contributed by atoms with Crippen LogP contribution in [0.15, 0.2) is 24.3 Å². The van der Waals surface area contributed by atoms with E-state index in [0.29, 0.717) is 13.0 Å². The van der Waals surface area contributed by atoms with E-state index in [1.54, 1.807) is 6.07 Å². The van der Waals surface area contributed by atoms with Gasteiger partial charge in [0.05, 0.1) is 11.3 Å². The molecule has 0 fully saturated rings. The third-order valence-corrected chi connectivity index (χ3v) is 2.90. The molecule has 0 aliphatic carbocycles. The van der Waals surface area contributed by atoms with Gasteiger partial charge in [-0.15, -0.1) is 0 Å². The van der Waals surface area contributed by atoms with Crippen LogP contribution in [-0.4, -0.2) is 15.6 Å². The van der Waals surface area contributed by atoms with Crippen LogP contribution in [0.4, 0.5) is 8.78 Å². The summed E-state index contributed by atoms with van der Waals surface area (Å²) in [6.07, 6.45) is 0.679. The van der Waals surface area contributed by atoms with Crippen LogP contribution in [-0.2, 0) is 13.0 Å². The highest BCUT2D eigenvalue weighted by molar-refractivity contribution is 6.08. The summed E-state index contributed by atoms with van der Waals surface area (Å²) in [6.45, 7) is 4.25. The smallest absolute Gasteiger partial charge is 0.214 e. The molecule has 2 rings (SSSR count). The normalized spacial score (nSPS) is 10.7. The van der Waals surface area contributed by atoms with E-state index in [1.807, 2.05) is 13.8 Å². The molecule has 2 aromatic rings. The molecule has 0 saturated heterocycles. The molecule has 0 spiro atoms. The predicted molar refractivity (Wildman–Crippen MR) is 67.1 cm³/mol. The molecule has 19 heavy (non-hydrogen) atoms. The van der Waals surface area contributed by atoms with Gasteiger partial charge in [0.25, 0.3) is 0 Å². The van der Waals surface area contributed by atoms with Crippen LogP contribution in [0.5, 0.6) is 0 Å². The van der Waals surface area contributed by atoms with Gasteiger partial charge in [-0.2, -0.15) is 5.10 Å². The number of carbonyl (C=O) groups excluding carboxylic acids is 1. The third-order valence-electron chi connectivity index (χ3n) is 2.90. The summed E-state index contributed by atoms with van der Waals surface area (Å²) < 4.78 is 28.3. The molecule has 0 amide bonds. The Hall–Kier alpha value is -2.04. The fourth-order valence-corrected chi connectivity index (χ4v) is 1.88. The van der Waals surface area contributed by atoms with Gasteiger partial charge in [0.2, 0.25) is 5.78 Å². The van der Waals surface area contributed by atoms with Crippen LogP contribution in [0, 0.1) is 11.6 Å². The molecule has 1 aromatic carbocycles. The largest absolute Gasteiger partial charge is 0.287 e. The van der Waals surface area contributed by atoms with Crippen molar-refractivity contribution in [1.82, 2.24) is 9.78 Å². The summed E-state index contributed by atoms with van der Waals surface area (Å²) in [7, 11) is 0. The van der Waals surface area contributed by atoms with Crippen molar-refractivity contribution < 1.29 is 13.6 Å². The van der Waals surface area contributed by atoms with Crippen molar-refractivity contribution in [2.24, 2.45) is 0 Å². The first-order valence-electron chi connectivity index (χ1n) is 6.13. The molecule has 3 nitrogen and oxygen atoms in total. The summed E-state index contributed by atoms with van der Waals surface area (Å²) in [5.41, 5.74) is 0.767. The number of hydrogen-bond acceptors (Lipinski definition) is 2. The average molecular weight is 264 g/mol. The first-order valence-corrected chi connectivity index (χ1v) is 6.13. The van der Waals surface area contributed by atoms with Gasteiger partial charge in [0.15, 0.2) is 0 Å². The zero-order valence-electron chi connectivity index (χ0n) is 10.8. The Morgan fingerprint density at radius 3 is 2.63 bits per heavy atom. The van der Waals surface area contributed by atoms with Gasteiger partial charge in [0.1, 0.15) is 17.3 Å². The van der Waals surface area contributed by atoms with Crippen molar-refractivity contribution in [3.05, 3.63) is 52.9 Å². The molecule has 5 heteroatoms. The third kappa shape index (κ3) is 2.54. The van der Waals surface area contributed by atoms with E-state index in [1.165, 1.54) is 4.68 Å². The summed E-state index contributed by atoms with van der Waals surface area (Å²) in [5.74, 6) is -1.91. The SMILES string of the molecule is CCc1cc(C(=O)c2cc(F)ccc2F)n(CC)n1. The Balaban J connectivity index is 2.49. The van der Waals surface area contributed by atoms with Crippen LogP contribution in [0.25, 0.3) is 0 Å². The van der Waals surface area contributed by atoms with E-state index in [-0.39, 0.29) is 11.3 Å². The zero-order valence-corrected chi connectivity index (χ0v) is 10.8. The number of rotatable bonds is 4. The number of ketones is 1. The van der Waals surface area contributed by atoms with E-state index in [2.05, 4.69) is 5.10 Å². The summed E-state index contributed by atoms with van der Waals surface area (Å²) in [5, 5.41) is 4.23. The quantitative estimate of drug-likeness (QED) is 0.796. The molecule has 1 heterocycles. The standard InChI is InChI=1S/C14H14F2N2O/c1-3-10-8-13(18(4-2)17-10)14(19)11-7-9(15)5-6-12(11)16/h5-8H,3-4H2,1-2H3. The lowest BCUT2D eigenvalue weighted by Gasteiger charge is -2.05. The second kappa shape index (κ2) is 5.30. The van der Waals surface area contributed by atoms with E-state index in [0.717, 1.165) is 23.9 Å². The molecule has 0 atom stereocenters. The van der Waals surface area contributed by atoms with Crippen molar-refractivity contribution in [3.8, 4) is 0 Å². The van der Waals surface area contributed by atoms with Crippen molar-refractivity contribution in [2.75, 3.05) is 0 Å². The van der Waals surface area contributed by atoms with Gasteiger partial charge in [-0.3, -0.25) is 9.48 Å². The first kappa shape index (κ1) is 13.4. The topological polar surface area (TPSA) is 34.9 Å². The molecular weight excluding hydrogens is 250 g/mol. The van der Waals surface area contributed by atoms with Gasteiger partial charge < -0.3 is 0 Å². The predicted octanol–water partition coefficient (Wildman–Crippen LogP) is 2.97. The maximum atomic E-state index is 13.6. The summed E-state index contributed by atoms with van der Waals surface area (Å²) >= 11 is 0. The molecule has 0 radical (unpaired) electrons. The molecule has 0 unspecified atom stereocenters. The van der Waals surface area contributed by atoms with Gasteiger partial charge in [-0.1, -0.05) is 6.92 Å². The van der Waals surface area contributed by atoms with Crippen LogP contribution in [0.2, 0.25) is 0 Å². The molecule has 100 valence electrons. The molecule has 0 aliphatic rings. The average Bonchev–Trinajstić information content (AvgIpc) is 2.84. The fraction of sp³-hybridized carbons (Fsp3) is 0.286.